The molecule has 0 saturated carbocycles. The predicted molar refractivity (Wildman–Crippen MR) is 77.1 cm³/mol. The second-order valence-electron chi connectivity index (χ2n) is 5.92. The van der Waals surface area contributed by atoms with Gasteiger partial charge in [0.05, 0.1) is 0 Å². The summed E-state index contributed by atoms with van der Waals surface area (Å²) in [6, 6.07) is 0.527. The van der Waals surface area contributed by atoms with Gasteiger partial charge in [-0.2, -0.15) is 0 Å². The maximum Gasteiger partial charge on any atom is 0.144 e. The van der Waals surface area contributed by atoms with Crippen molar-refractivity contribution in [3.63, 3.8) is 0 Å². The zero-order valence-electron chi connectivity index (χ0n) is 12.5. The van der Waals surface area contributed by atoms with Crippen LogP contribution < -0.4 is 11.1 Å². The Morgan fingerprint density at radius 3 is 2.56 bits per heavy atom. The molecule has 0 saturated heterocycles. The van der Waals surface area contributed by atoms with E-state index in [2.05, 4.69) is 36.4 Å². The molecule has 0 rings (SSSR count). The Morgan fingerprint density at radius 1 is 1.44 bits per heavy atom. The van der Waals surface area contributed by atoms with E-state index in [0.717, 1.165) is 32.4 Å². The number of amidine groups is 1. The monoisotopic (exact) mass is 258 g/mol. The van der Waals surface area contributed by atoms with Crippen LogP contribution in [-0.2, 0) is 0 Å². The molecule has 5 heteroatoms. The summed E-state index contributed by atoms with van der Waals surface area (Å²) in [4.78, 5) is 2.19. The van der Waals surface area contributed by atoms with Crippen molar-refractivity contribution in [3.8, 4) is 0 Å². The zero-order valence-corrected chi connectivity index (χ0v) is 12.5. The first-order valence-corrected chi connectivity index (χ1v) is 6.65. The summed E-state index contributed by atoms with van der Waals surface area (Å²) in [6.07, 6.45) is 3.09. The Bertz CT molecular complexity index is 251. The number of nitrogens with one attached hydrogen (secondary N) is 1. The van der Waals surface area contributed by atoms with E-state index in [1.807, 2.05) is 13.8 Å². The summed E-state index contributed by atoms with van der Waals surface area (Å²) in [5, 5.41) is 15.3. The van der Waals surface area contributed by atoms with E-state index in [-0.39, 0.29) is 5.41 Å². The molecule has 0 spiro atoms. The Hall–Kier alpha value is -0.810. The zero-order chi connectivity index (χ0) is 14.2. The molecular weight excluding hydrogens is 228 g/mol. The molecule has 0 amide bonds. The van der Waals surface area contributed by atoms with Crippen molar-refractivity contribution in [1.29, 1.82) is 0 Å². The van der Waals surface area contributed by atoms with Crippen molar-refractivity contribution >= 4 is 5.84 Å². The second-order valence-corrected chi connectivity index (χ2v) is 5.92. The van der Waals surface area contributed by atoms with Gasteiger partial charge in [-0.05, 0) is 53.4 Å². The number of nitrogens with zero attached hydrogens (tertiary/aromatic N) is 2. The Morgan fingerprint density at radius 2 is 2.06 bits per heavy atom. The molecular formula is C13H30N4O. The summed E-state index contributed by atoms with van der Waals surface area (Å²) < 4.78 is 0. The first-order valence-electron chi connectivity index (χ1n) is 6.65. The maximum absolute atomic E-state index is 8.68. The smallest absolute Gasteiger partial charge is 0.144 e. The van der Waals surface area contributed by atoms with E-state index in [0.29, 0.717) is 11.9 Å². The number of oxime groups is 1. The highest BCUT2D eigenvalue weighted by Crippen LogP contribution is 2.21. The van der Waals surface area contributed by atoms with Gasteiger partial charge in [0.15, 0.2) is 0 Å². The van der Waals surface area contributed by atoms with Crippen molar-refractivity contribution in [2.45, 2.75) is 46.1 Å². The van der Waals surface area contributed by atoms with Crippen LogP contribution >= 0.6 is 0 Å². The van der Waals surface area contributed by atoms with Gasteiger partial charge in [0.2, 0.25) is 0 Å². The topological polar surface area (TPSA) is 73.9 Å². The average molecular weight is 258 g/mol. The SMILES string of the molecule is CC(CCN(C)C)NCCCC(C)(C)C(N)=NO. The molecule has 0 aliphatic rings. The van der Waals surface area contributed by atoms with E-state index in [1.165, 1.54) is 0 Å². The van der Waals surface area contributed by atoms with Gasteiger partial charge in [-0.1, -0.05) is 19.0 Å². The molecule has 0 bridgehead atoms. The van der Waals surface area contributed by atoms with Gasteiger partial charge >= 0.3 is 0 Å². The van der Waals surface area contributed by atoms with Crippen LogP contribution in [0.3, 0.4) is 0 Å². The highest BCUT2D eigenvalue weighted by molar-refractivity contribution is 5.85. The van der Waals surface area contributed by atoms with Crippen LogP contribution in [-0.4, -0.2) is 49.2 Å². The first kappa shape index (κ1) is 17.2. The highest BCUT2D eigenvalue weighted by Gasteiger charge is 2.22. The lowest BCUT2D eigenvalue weighted by Gasteiger charge is -2.23. The largest absolute Gasteiger partial charge is 0.409 e. The normalized spacial score (nSPS) is 15.1. The van der Waals surface area contributed by atoms with Crippen LogP contribution in [0.25, 0.3) is 0 Å². The molecule has 0 fully saturated rings. The molecule has 0 aliphatic carbocycles. The van der Waals surface area contributed by atoms with Gasteiger partial charge in [-0.3, -0.25) is 0 Å². The van der Waals surface area contributed by atoms with Gasteiger partial charge in [0.25, 0.3) is 0 Å². The van der Waals surface area contributed by atoms with Crippen molar-refractivity contribution in [1.82, 2.24) is 10.2 Å². The average Bonchev–Trinajstić information content (AvgIpc) is 2.30. The Labute approximate surface area is 111 Å². The lowest BCUT2D eigenvalue weighted by molar-refractivity contribution is 0.303. The summed E-state index contributed by atoms with van der Waals surface area (Å²) in [7, 11) is 4.18. The van der Waals surface area contributed by atoms with Crippen molar-refractivity contribution < 1.29 is 5.21 Å². The van der Waals surface area contributed by atoms with E-state index in [1.54, 1.807) is 0 Å². The quantitative estimate of drug-likeness (QED) is 0.192. The lowest BCUT2D eigenvalue weighted by atomic mass is 9.86. The van der Waals surface area contributed by atoms with Crippen molar-refractivity contribution in [2.75, 3.05) is 27.2 Å². The van der Waals surface area contributed by atoms with Gasteiger partial charge in [-0.25, -0.2) is 0 Å². The third-order valence-corrected chi connectivity index (χ3v) is 3.28. The van der Waals surface area contributed by atoms with E-state index < -0.39 is 0 Å². The van der Waals surface area contributed by atoms with Crippen molar-refractivity contribution in [2.24, 2.45) is 16.3 Å². The van der Waals surface area contributed by atoms with Crippen LogP contribution in [0.4, 0.5) is 0 Å². The van der Waals surface area contributed by atoms with E-state index in [4.69, 9.17) is 10.9 Å². The fourth-order valence-electron chi connectivity index (χ4n) is 1.70. The lowest BCUT2D eigenvalue weighted by Crippen LogP contribution is -2.34. The van der Waals surface area contributed by atoms with Gasteiger partial charge in [-0.15, -0.1) is 0 Å². The summed E-state index contributed by atoms with van der Waals surface area (Å²) in [5.41, 5.74) is 5.42. The Balaban J connectivity index is 3.73. The molecule has 0 radical (unpaired) electrons. The number of rotatable bonds is 9. The number of hydrogen-bond donors (Lipinski definition) is 3. The maximum atomic E-state index is 8.68. The highest BCUT2D eigenvalue weighted by atomic mass is 16.4. The standard InChI is InChI=1S/C13H30N4O/c1-11(7-10-17(4)5)15-9-6-8-13(2,3)12(14)16-18/h11,15,18H,6-10H2,1-5H3,(H2,14,16). The molecule has 1 unspecified atom stereocenters. The molecule has 1 atom stereocenters. The van der Waals surface area contributed by atoms with Gasteiger partial charge in [0, 0.05) is 11.5 Å². The van der Waals surface area contributed by atoms with Crippen molar-refractivity contribution in [3.05, 3.63) is 0 Å². The van der Waals surface area contributed by atoms with Crippen LogP contribution in [0, 0.1) is 5.41 Å². The minimum atomic E-state index is -0.233. The predicted octanol–water partition coefficient (Wildman–Crippen LogP) is 1.47. The number of hydrogen-bond acceptors (Lipinski definition) is 4. The minimum absolute atomic E-state index is 0.233. The fourth-order valence-corrected chi connectivity index (χ4v) is 1.70. The van der Waals surface area contributed by atoms with E-state index >= 15 is 0 Å². The molecule has 0 aromatic carbocycles. The van der Waals surface area contributed by atoms with Crippen LogP contribution in [0.2, 0.25) is 0 Å². The number of nitrogens with two attached hydrogens (primary N) is 1. The van der Waals surface area contributed by atoms with Crippen LogP contribution in [0.1, 0.15) is 40.0 Å². The molecule has 0 aliphatic heterocycles. The van der Waals surface area contributed by atoms with Crippen LogP contribution in [0.15, 0.2) is 5.16 Å². The third-order valence-electron chi connectivity index (χ3n) is 3.28. The molecule has 0 aromatic rings. The van der Waals surface area contributed by atoms with E-state index in [9.17, 15) is 0 Å². The van der Waals surface area contributed by atoms with Gasteiger partial charge < -0.3 is 21.2 Å². The molecule has 0 aromatic heterocycles. The second kappa shape index (κ2) is 8.32. The summed E-state index contributed by atoms with van der Waals surface area (Å²) in [5.74, 6) is 0.308. The first-order chi connectivity index (χ1) is 8.29. The molecule has 4 N–H and O–H groups in total. The Kier molecular flexibility index (Phi) is 7.95. The molecule has 108 valence electrons. The summed E-state index contributed by atoms with van der Waals surface area (Å²) >= 11 is 0. The molecule has 0 heterocycles. The van der Waals surface area contributed by atoms with Crippen LogP contribution in [0.5, 0.6) is 0 Å². The molecule has 5 nitrogen and oxygen atoms in total. The molecule has 18 heavy (non-hydrogen) atoms. The third kappa shape index (κ3) is 7.50. The minimum Gasteiger partial charge on any atom is -0.409 e. The van der Waals surface area contributed by atoms with Gasteiger partial charge in [0.1, 0.15) is 5.84 Å². The summed E-state index contributed by atoms with van der Waals surface area (Å²) in [6.45, 7) is 8.27. The fraction of sp³-hybridized carbons (Fsp3) is 0.923.